The molecule has 0 saturated carbocycles. The van der Waals surface area contributed by atoms with Gasteiger partial charge in [0.15, 0.2) is 6.10 Å². The van der Waals surface area contributed by atoms with Crippen molar-refractivity contribution in [3.63, 3.8) is 0 Å². The van der Waals surface area contributed by atoms with E-state index in [1.54, 1.807) is 24.3 Å². The van der Waals surface area contributed by atoms with Crippen LogP contribution in [0.1, 0.15) is 17.2 Å². The number of rotatable bonds is 5. The molecule has 98 valence electrons. The van der Waals surface area contributed by atoms with Crippen LogP contribution >= 0.6 is 0 Å². The van der Waals surface area contributed by atoms with Gasteiger partial charge in [-0.3, -0.25) is 0 Å². The lowest BCUT2D eigenvalue weighted by Crippen LogP contribution is -2.16. The van der Waals surface area contributed by atoms with E-state index in [1.807, 2.05) is 36.4 Å². The Morgan fingerprint density at radius 1 is 1.00 bits per heavy atom. The van der Waals surface area contributed by atoms with E-state index in [1.165, 1.54) is 0 Å². The zero-order chi connectivity index (χ0) is 13.5. The molecule has 2 aromatic carbocycles. The largest absolute Gasteiger partial charge is 0.463 e. The number of ether oxygens (including phenoxy) is 1. The highest BCUT2D eigenvalue weighted by atomic mass is 16.5. The fourth-order valence-electron chi connectivity index (χ4n) is 1.76. The van der Waals surface area contributed by atoms with E-state index in [0.29, 0.717) is 12.0 Å². The van der Waals surface area contributed by atoms with Gasteiger partial charge in [-0.15, -0.1) is 0 Å². The molecule has 19 heavy (non-hydrogen) atoms. The molecule has 0 aliphatic heterocycles. The molecule has 0 aliphatic rings. The van der Waals surface area contributed by atoms with E-state index in [0.717, 1.165) is 5.56 Å². The minimum Gasteiger partial charge on any atom is -0.463 e. The predicted molar refractivity (Wildman–Crippen MR) is 72.5 cm³/mol. The Labute approximate surface area is 112 Å². The molecule has 3 nitrogen and oxygen atoms in total. The molecule has 1 atom stereocenters. The van der Waals surface area contributed by atoms with E-state index in [9.17, 15) is 9.90 Å². The maximum atomic E-state index is 11.7. The Morgan fingerprint density at radius 3 is 2.21 bits per heavy atom. The van der Waals surface area contributed by atoms with Crippen molar-refractivity contribution >= 4 is 5.97 Å². The molecular weight excluding hydrogens is 240 g/mol. The number of aliphatic hydroxyl groups is 1. The third kappa shape index (κ3) is 3.93. The van der Waals surface area contributed by atoms with Gasteiger partial charge in [-0.1, -0.05) is 60.7 Å². The molecule has 0 bridgehead atoms. The third-order valence-electron chi connectivity index (χ3n) is 2.82. The van der Waals surface area contributed by atoms with Gasteiger partial charge in [0.1, 0.15) is 0 Å². The van der Waals surface area contributed by atoms with E-state index in [2.05, 4.69) is 0 Å². The van der Waals surface area contributed by atoms with Crippen LogP contribution in [0.25, 0.3) is 0 Å². The number of aliphatic hydroxyl groups excluding tert-OH is 1. The first-order valence-electron chi connectivity index (χ1n) is 6.21. The molecule has 2 rings (SSSR count). The smallest absolute Gasteiger partial charge is 0.339 e. The molecule has 0 unspecified atom stereocenters. The van der Waals surface area contributed by atoms with Gasteiger partial charge in [0.05, 0.1) is 6.61 Å². The molecule has 0 aliphatic carbocycles. The normalized spacial score (nSPS) is 11.8. The monoisotopic (exact) mass is 256 g/mol. The molecular formula is C16H16O3. The van der Waals surface area contributed by atoms with Crippen molar-refractivity contribution in [2.24, 2.45) is 0 Å². The summed E-state index contributed by atoms with van der Waals surface area (Å²) in [4.78, 5) is 11.7. The van der Waals surface area contributed by atoms with Gasteiger partial charge in [-0.2, -0.15) is 0 Å². The van der Waals surface area contributed by atoms with Crippen molar-refractivity contribution < 1.29 is 14.6 Å². The highest BCUT2D eigenvalue weighted by Gasteiger charge is 2.18. The van der Waals surface area contributed by atoms with Gasteiger partial charge in [-0.25, -0.2) is 4.79 Å². The summed E-state index contributed by atoms with van der Waals surface area (Å²) in [7, 11) is 0. The minimum atomic E-state index is -1.21. The van der Waals surface area contributed by atoms with Crippen LogP contribution < -0.4 is 0 Å². The lowest BCUT2D eigenvalue weighted by atomic mass is 10.1. The van der Waals surface area contributed by atoms with Gasteiger partial charge in [-0.05, 0) is 11.1 Å². The van der Waals surface area contributed by atoms with Gasteiger partial charge in [0.2, 0.25) is 0 Å². The number of benzene rings is 2. The second kappa shape index (κ2) is 6.71. The average molecular weight is 256 g/mol. The Morgan fingerprint density at radius 2 is 1.58 bits per heavy atom. The molecule has 0 fully saturated rings. The number of hydrogen-bond donors (Lipinski definition) is 1. The maximum absolute atomic E-state index is 11.7. The number of esters is 1. The molecule has 0 radical (unpaired) electrons. The number of hydrogen-bond acceptors (Lipinski definition) is 3. The van der Waals surface area contributed by atoms with E-state index in [-0.39, 0.29) is 6.61 Å². The second-order valence-corrected chi connectivity index (χ2v) is 4.22. The van der Waals surface area contributed by atoms with Gasteiger partial charge in [0, 0.05) is 6.42 Å². The Bertz CT molecular complexity index is 508. The summed E-state index contributed by atoms with van der Waals surface area (Å²) in [6, 6.07) is 18.5. The quantitative estimate of drug-likeness (QED) is 0.836. The van der Waals surface area contributed by atoms with E-state index >= 15 is 0 Å². The van der Waals surface area contributed by atoms with Crippen LogP contribution in [0, 0.1) is 0 Å². The second-order valence-electron chi connectivity index (χ2n) is 4.22. The summed E-state index contributed by atoms with van der Waals surface area (Å²) >= 11 is 0. The minimum absolute atomic E-state index is 0.271. The third-order valence-corrected chi connectivity index (χ3v) is 2.82. The van der Waals surface area contributed by atoms with Crippen molar-refractivity contribution in [3.05, 3.63) is 71.8 Å². The lowest BCUT2D eigenvalue weighted by Gasteiger charge is -2.10. The highest BCUT2D eigenvalue weighted by Crippen LogP contribution is 2.13. The fourth-order valence-corrected chi connectivity index (χ4v) is 1.76. The summed E-state index contributed by atoms with van der Waals surface area (Å²) < 4.78 is 5.07. The van der Waals surface area contributed by atoms with Crippen molar-refractivity contribution in [2.45, 2.75) is 12.5 Å². The molecule has 0 heterocycles. The molecule has 3 heteroatoms. The van der Waals surface area contributed by atoms with Crippen LogP contribution in [0.4, 0.5) is 0 Å². The van der Waals surface area contributed by atoms with Gasteiger partial charge >= 0.3 is 5.97 Å². The SMILES string of the molecule is O=C(OCCc1ccccc1)[C@H](O)c1ccccc1. The first-order chi connectivity index (χ1) is 9.27. The van der Waals surface area contributed by atoms with E-state index in [4.69, 9.17) is 4.74 Å². The summed E-state index contributed by atoms with van der Waals surface area (Å²) in [6.07, 6.45) is -0.564. The lowest BCUT2D eigenvalue weighted by molar-refractivity contribution is -0.153. The van der Waals surface area contributed by atoms with Crippen molar-refractivity contribution in [3.8, 4) is 0 Å². The zero-order valence-electron chi connectivity index (χ0n) is 10.5. The fraction of sp³-hybridized carbons (Fsp3) is 0.188. The van der Waals surface area contributed by atoms with Crippen molar-refractivity contribution in [2.75, 3.05) is 6.61 Å². The number of carbonyl (C=O) groups excluding carboxylic acids is 1. The van der Waals surface area contributed by atoms with Gasteiger partial charge in [0.25, 0.3) is 0 Å². The standard InChI is InChI=1S/C16H16O3/c17-15(14-9-5-2-6-10-14)16(18)19-12-11-13-7-3-1-4-8-13/h1-10,15,17H,11-12H2/t15-/m1/s1. The van der Waals surface area contributed by atoms with Crippen LogP contribution in [0.3, 0.4) is 0 Å². The zero-order valence-corrected chi connectivity index (χ0v) is 10.5. The summed E-state index contributed by atoms with van der Waals surface area (Å²) in [5.41, 5.74) is 1.65. The average Bonchev–Trinajstić information content (AvgIpc) is 2.48. The van der Waals surface area contributed by atoms with Crippen molar-refractivity contribution in [1.29, 1.82) is 0 Å². The molecule has 0 amide bonds. The molecule has 0 saturated heterocycles. The Kier molecular flexibility index (Phi) is 4.70. The Balaban J connectivity index is 1.82. The van der Waals surface area contributed by atoms with Crippen LogP contribution in [-0.2, 0) is 16.0 Å². The molecule has 2 aromatic rings. The van der Waals surface area contributed by atoms with Crippen LogP contribution in [0.15, 0.2) is 60.7 Å². The van der Waals surface area contributed by atoms with Gasteiger partial charge < -0.3 is 9.84 Å². The molecule has 1 N–H and O–H groups in total. The Hall–Kier alpha value is -2.13. The molecule has 0 spiro atoms. The van der Waals surface area contributed by atoms with Crippen LogP contribution in [-0.4, -0.2) is 17.7 Å². The molecule has 0 aromatic heterocycles. The highest BCUT2D eigenvalue weighted by molar-refractivity contribution is 5.76. The topological polar surface area (TPSA) is 46.5 Å². The van der Waals surface area contributed by atoms with Crippen LogP contribution in [0.5, 0.6) is 0 Å². The van der Waals surface area contributed by atoms with Crippen molar-refractivity contribution in [1.82, 2.24) is 0 Å². The maximum Gasteiger partial charge on any atom is 0.339 e. The first-order valence-corrected chi connectivity index (χ1v) is 6.21. The first kappa shape index (κ1) is 13.3. The van der Waals surface area contributed by atoms with E-state index < -0.39 is 12.1 Å². The summed E-state index contributed by atoms with van der Waals surface area (Å²) in [5, 5.41) is 9.81. The number of carbonyl (C=O) groups is 1. The summed E-state index contributed by atoms with van der Waals surface area (Å²) in [6.45, 7) is 0.271. The summed E-state index contributed by atoms with van der Waals surface area (Å²) in [5.74, 6) is -0.609. The van der Waals surface area contributed by atoms with Crippen LogP contribution in [0.2, 0.25) is 0 Å². The predicted octanol–water partition coefficient (Wildman–Crippen LogP) is 2.51.